The summed E-state index contributed by atoms with van der Waals surface area (Å²) in [5.41, 5.74) is 3.86. The van der Waals surface area contributed by atoms with Crippen LogP contribution in [0.5, 0.6) is 5.75 Å². The standard InChI is InChI=1S/C31H35F3N6O2S/c1-22(2)27-8-3-4-9-28(27)43-38-20-19-36-30(41)35-18-6-5-7-23-10-12-24(13-11-23)29-37-21-40(39-29)25-14-16-26(17-15-25)42-31(32,33)34/h3-4,8-17,21-22,38H,5-7,18-20H2,1-2H3,(H2,35,36,41). The molecule has 4 rings (SSSR count). The highest BCUT2D eigenvalue weighted by Crippen LogP contribution is 2.26. The molecule has 0 radical (unpaired) electrons. The number of hydrogen-bond acceptors (Lipinski definition) is 6. The third-order valence-electron chi connectivity index (χ3n) is 6.45. The molecule has 0 aliphatic carbocycles. The maximum absolute atomic E-state index is 12.4. The molecule has 3 aromatic carbocycles. The van der Waals surface area contributed by atoms with E-state index in [1.807, 2.05) is 30.3 Å². The third-order valence-corrected chi connectivity index (χ3v) is 7.39. The molecule has 1 aromatic heterocycles. The molecule has 0 bridgehead atoms. The van der Waals surface area contributed by atoms with Gasteiger partial charge in [0.15, 0.2) is 5.82 Å². The van der Waals surface area contributed by atoms with Gasteiger partial charge >= 0.3 is 12.4 Å². The summed E-state index contributed by atoms with van der Waals surface area (Å²) in [6.45, 7) is 6.14. The van der Waals surface area contributed by atoms with Crippen LogP contribution in [0.2, 0.25) is 0 Å². The van der Waals surface area contributed by atoms with E-state index in [-0.39, 0.29) is 11.8 Å². The summed E-state index contributed by atoms with van der Waals surface area (Å²) >= 11 is 1.59. The minimum atomic E-state index is -4.74. The summed E-state index contributed by atoms with van der Waals surface area (Å²) in [4.78, 5) is 17.6. The second-order valence-electron chi connectivity index (χ2n) is 10.1. The predicted octanol–water partition coefficient (Wildman–Crippen LogP) is 6.88. The van der Waals surface area contributed by atoms with Crippen molar-refractivity contribution in [2.24, 2.45) is 0 Å². The van der Waals surface area contributed by atoms with Crippen molar-refractivity contribution < 1.29 is 22.7 Å². The fourth-order valence-electron chi connectivity index (χ4n) is 4.27. The first-order chi connectivity index (χ1) is 20.7. The Labute approximate surface area is 253 Å². The summed E-state index contributed by atoms with van der Waals surface area (Å²) < 4.78 is 45.8. The van der Waals surface area contributed by atoms with Crippen LogP contribution in [-0.4, -0.2) is 46.8 Å². The van der Waals surface area contributed by atoms with Gasteiger partial charge in [0.1, 0.15) is 12.1 Å². The number of aryl methyl sites for hydroxylation is 1. The highest BCUT2D eigenvalue weighted by Gasteiger charge is 2.31. The van der Waals surface area contributed by atoms with Gasteiger partial charge in [0.2, 0.25) is 0 Å². The average Bonchev–Trinajstić information content (AvgIpc) is 3.47. The molecule has 8 nitrogen and oxygen atoms in total. The van der Waals surface area contributed by atoms with Crippen LogP contribution in [0.1, 0.15) is 43.7 Å². The molecule has 0 atom stereocenters. The number of urea groups is 1. The zero-order valence-corrected chi connectivity index (χ0v) is 24.8. The van der Waals surface area contributed by atoms with Gasteiger partial charge in [0.25, 0.3) is 0 Å². The maximum Gasteiger partial charge on any atom is 0.573 e. The predicted molar refractivity (Wildman–Crippen MR) is 162 cm³/mol. The molecule has 0 saturated carbocycles. The first-order valence-corrected chi connectivity index (χ1v) is 14.9. The fraction of sp³-hybridized carbons (Fsp3) is 0.323. The molecule has 0 unspecified atom stereocenters. The van der Waals surface area contributed by atoms with E-state index in [2.05, 4.69) is 62.2 Å². The van der Waals surface area contributed by atoms with E-state index in [4.69, 9.17) is 0 Å². The van der Waals surface area contributed by atoms with E-state index >= 15 is 0 Å². The van der Waals surface area contributed by atoms with Gasteiger partial charge in [-0.05, 0) is 78.6 Å². The Bertz CT molecular complexity index is 1440. The second-order valence-corrected chi connectivity index (χ2v) is 11.0. The molecule has 43 heavy (non-hydrogen) atoms. The van der Waals surface area contributed by atoms with E-state index in [1.54, 1.807) is 11.9 Å². The SMILES string of the molecule is CC(C)c1ccccc1SNCCNC(=O)NCCCCc1ccc(-c2ncn(-c3ccc(OC(F)(F)F)cc3)n2)cc1. The number of unbranched alkanes of at least 4 members (excludes halogenated alkanes) is 1. The largest absolute Gasteiger partial charge is 0.573 e. The van der Waals surface area contributed by atoms with Crippen LogP contribution in [-0.2, 0) is 6.42 Å². The zero-order chi connectivity index (χ0) is 30.7. The Hall–Kier alpha value is -4.03. The number of hydrogen-bond donors (Lipinski definition) is 3. The highest BCUT2D eigenvalue weighted by molar-refractivity contribution is 7.97. The summed E-state index contributed by atoms with van der Waals surface area (Å²) in [7, 11) is 0. The molecular weight excluding hydrogens is 577 g/mol. The number of nitrogens with zero attached hydrogens (tertiary/aromatic N) is 3. The normalized spacial score (nSPS) is 11.5. The average molecular weight is 613 g/mol. The number of carbonyl (C=O) groups is 1. The number of benzene rings is 3. The molecular formula is C31H35F3N6O2S. The number of alkyl halides is 3. The van der Waals surface area contributed by atoms with Crippen molar-refractivity contribution in [1.82, 2.24) is 30.1 Å². The molecule has 0 aliphatic rings. The van der Waals surface area contributed by atoms with Gasteiger partial charge in [0.05, 0.1) is 5.69 Å². The van der Waals surface area contributed by atoms with Gasteiger partial charge in [-0.15, -0.1) is 18.3 Å². The van der Waals surface area contributed by atoms with Crippen molar-refractivity contribution in [2.75, 3.05) is 19.6 Å². The minimum absolute atomic E-state index is 0.170. The Balaban J connectivity index is 1.11. The highest BCUT2D eigenvalue weighted by atomic mass is 32.2. The molecule has 0 spiro atoms. The monoisotopic (exact) mass is 612 g/mol. The lowest BCUT2D eigenvalue weighted by atomic mass is 10.0. The number of rotatable bonds is 14. The number of halogens is 3. The van der Waals surface area contributed by atoms with Crippen molar-refractivity contribution in [3.05, 3.63) is 90.3 Å². The molecule has 3 N–H and O–H groups in total. The molecule has 0 saturated heterocycles. The topological polar surface area (TPSA) is 93.1 Å². The van der Waals surface area contributed by atoms with E-state index < -0.39 is 6.36 Å². The van der Waals surface area contributed by atoms with Gasteiger partial charge in [-0.2, -0.15) is 0 Å². The van der Waals surface area contributed by atoms with Crippen LogP contribution in [0, 0.1) is 0 Å². The maximum atomic E-state index is 12.4. The van der Waals surface area contributed by atoms with Gasteiger partial charge in [-0.1, -0.05) is 56.3 Å². The van der Waals surface area contributed by atoms with Crippen LogP contribution in [0.25, 0.3) is 17.1 Å². The fourth-order valence-corrected chi connectivity index (χ4v) is 5.19. The van der Waals surface area contributed by atoms with Crippen molar-refractivity contribution >= 4 is 18.0 Å². The van der Waals surface area contributed by atoms with Crippen LogP contribution in [0.3, 0.4) is 0 Å². The molecule has 4 aromatic rings. The molecule has 1 heterocycles. The van der Waals surface area contributed by atoms with Crippen molar-refractivity contribution in [3.8, 4) is 22.8 Å². The lowest BCUT2D eigenvalue weighted by Gasteiger charge is -2.12. The van der Waals surface area contributed by atoms with Gasteiger partial charge < -0.3 is 15.4 Å². The number of amides is 2. The third kappa shape index (κ3) is 10.3. The Morgan fingerprint density at radius 2 is 1.65 bits per heavy atom. The summed E-state index contributed by atoms with van der Waals surface area (Å²) in [5, 5.41) is 10.2. The summed E-state index contributed by atoms with van der Waals surface area (Å²) in [6.07, 6.45) is -0.576. The Morgan fingerprint density at radius 3 is 2.37 bits per heavy atom. The Morgan fingerprint density at radius 1 is 0.930 bits per heavy atom. The van der Waals surface area contributed by atoms with Crippen LogP contribution in [0.4, 0.5) is 18.0 Å². The molecule has 228 valence electrons. The lowest BCUT2D eigenvalue weighted by molar-refractivity contribution is -0.274. The Kier molecular flexibility index (Phi) is 11.5. The lowest BCUT2D eigenvalue weighted by Crippen LogP contribution is -2.38. The van der Waals surface area contributed by atoms with E-state index in [9.17, 15) is 18.0 Å². The van der Waals surface area contributed by atoms with Gasteiger partial charge in [-0.3, -0.25) is 4.72 Å². The summed E-state index contributed by atoms with van der Waals surface area (Å²) in [5.74, 6) is 0.664. The number of ether oxygens (including phenoxy) is 1. The van der Waals surface area contributed by atoms with Crippen LogP contribution < -0.4 is 20.1 Å². The van der Waals surface area contributed by atoms with E-state index in [1.165, 1.54) is 45.7 Å². The number of carbonyl (C=O) groups excluding carboxylic acids is 1. The first kappa shape index (κ1) is 31.9. The van der Waals surface area contributed by atoms with Crippen molar-refractivity contribution in [2.45, 2.75) is 50.3 Å². The smallest absolute Gasteiger partial charge is 0.406 e. The minimum Gasteiger partial charge on any atom is -0.406 e. The zero-order valence-electron chi connectivity index (χ0n) is 24.0. The van der Waals surface area contributed by atoms with Crippen LogP contribution in [0.15, 0.2) is 84.0 Å². The van der Waals surface area contributed by atoms with E-state index in [0.29, 0.717) is 37.1 Å². The molecule has 0 fully saturated rings. The van der Waals surface area contributed by atoms with Crippen molar-refractivity contribution in [3.63, 3.8) is 0 Å². The molecule has 12 heteroatoms. The van der Waals surface area contributed by atoms with Gasteiger partial charge in [-0.25, -0.2) is 14.5 Å². The second kappa shape index (κ2) is 15.4. The van der Waals surface area contributed by atoms with Crippen molar-refractivity contribution in [1.29, 1.82) is 0 Å². The summed E-state index contributed by atoms with van der Waals surface area (Å²) in [6, 6.07) is 21.5. The molecule has 0 aliphatic heterocycles. The van der Waals surface area contributed by atoms with E-state index in [0.717, 1.165) is 30.4 Å². The number of nitrogens with one attached hydrogen (secondary N) is 3. The van der Waals surface area contributed by atoms with Crippen LogP contribution >= 0.6 is 11.9 Å². The first-order valence-electron chi connectivity index (χ1n) is 14.1. The quantitative estimate of drug-likeness (QED) is 0.106. The number of aromatic nitrogens is 3. The van der Waals surface area contributed by atoms with Gasteiger partial charge in [0, 0.05) is 30.1 Å². The molecule has 2 amide bonds.